The Hall–Kier alpha value is -2.19. The molecule has 90 valence electrons. The van der Waals surface area contributed by atoms with Gasteiger partial charge in [-0.1, -0.05) is 18.2 Å². The number of nitriles is 1. The van der Waals surface area contributed by atoms with Crippen molar-refractivity contribution in [1.29, 1.82) is 5.26 Å². The zero-order valence-electron chi connectivity index (χ0n) is 9.80. The first kappa shape index (κ1) is 12.3. The van der Waals surface area contributed by atoms with E-state index in [-0.39, 0.29) is 12.3 Å². The molecule has 1 amide bonds. The number of anilines is 1. The fourth-order valence-corrected chi connectivity index (χ4v) is 2.38. The van der Waals surface area contributed by atoms with Crippen molar-refractivity contribution in [2.45, 2.75) is 13.3 Å². The van der Waals surface area contributed by atoms with Crippen LogP contribution in [0.25, 0.3) is 10.4 Å². The third-order valence-electron chi connectivity index (χ3n) is 2.33. The molecule has 0 aliphatic carbocycles. The lowest BCUT2D eigenvalue weighted by Crippen LogP contribution is -2.10. The number of hydrogen-bond acceptors (Lipinski definition) is 4. The molecule has 18 heavy (non-hydrogen) atoms. The van der Waals surface area contributed by atoms with Gasteiger partial charge in [-0.15, -0.1) is 11.3 Å². The molecule has 1 heterocycles. The van der Waals surface area contributed by atoms with Gasteiger partial charge in [-0.25, -0.2) is 4.98 Å². The first-order chi connectivity index (χ1) is 8.70. The van der Waals surface area contributed by atoms with Crippen LogP contribution in [0.4, 0.5) is 5.69 Å². The quantitative estimate of drug-likeness (QED) is 0.919. The van der Waals surface area contributed by atoms with E-state index < -0.39 is 0 Å². The number of aromatic nitrogens is 1. The summed E-state index contributed by atoms with van der Waals surface area (Å²) >= 11 is 1.57. The Labute approximate surface area is 109 Å². The van der Waals surface area contributed by atoms with E-state index in [4.69, 9.17) is 5.26 Å². The van der Waals surface area contributed by atoms with Gasteiger partial charge in [0.2, 0.25) is 5.91 Å². The van der Waals surface area contributed by atoms with E-state index in [9.17, 15) is 4.79 Å². The highest BCUT2D eigenvalue weighted by Gasteiger charge is 2.09. The number of carbonyl (C=O) groups is 1. The number of hydrogen-bond donors (Lipinski definition) is 1. The number of para-hydroxylation sites is 1. The second-order valence-corrected chi connectivity index (χ2v) is 4.91. The highest BCUT2D eigenvalue weighted by atomic mass is 32.1. The lowest BCUT2D eigenvalue weighted by atomic mass is 10.1. The van der Waals surface area contributed by atoms with Crippen LogP contribution in [0.1, 0.15) is 11.4 Å². The molecule has 0 bridgehead atoms. The summed E-state index contributed by atoms with van der Waals surface area (Å²) in [6.07, 6.45) is 1.64. The number of carbonyl (C=O) groups excluding carboxylic acids is 1. The highest BCUT2D eigenvalue weighted by molar-refractivity contribution is 7.15. The summed E-state index contributed by atoms with van der Waals surface area (Å²) in [6, 6.07) is 9.33. The maximum Gasteiger partial charge on any atom is 0.238 e. The minimum Gasteiger partial charge on any atom is -0.325 e. The van der Waals surface area contributed by atoms with Crippen molar-refractivity contribution >= 4 is 22.9 Å². The Morgan fingerprint density at radius 3 is 2.94 bits per heavy atom. The van der Waals surface area contributed by atoms with Gasteiger partial charge in [-0.05, 0) is 13.0 Å². The van der Waals surface area contributed by atoms with Crippen LogP contribution in [0.5, 0.6) is 0 Å². The van der Waals surface area contributed by atoms with Crippen LogP contribution in [0.15, 0.2) is 30.5 Å². The number of rotatable bonds is 3. The van der Waals surface area contributed by atoms with Gasteiger partial charge in [0, 0.05) is 17.4 Å². The average molecular weight is 257 g/mol. The molecule has 1 N–H and O–H groups in total. The van der Waals surface area contributed by atoms with Crippen LogP contribution >= 0.6 is 11.3 Å². The molecule has 1 aromatic carbocycles. The molecule has 0 spiro atoms. The molecule has 1 aromatic heterocycles. The van der Waals surface area contributed by atoms with E-state index in [0.29, 0.717) is 5.69 Å². The summed E-state index contributed by atoms with van der Waals surface area (Å²) in [5, 5.41) is 12.2. The van der Waals surface area contributed by atoms with Crippen molar-refractivity contribution in [3.05, 3.63) is 35.5 Å². The number of nitrogens with zero attached hydrogens (tertiary/aromatic N) is 2. The van der Waals surface area contributed by atoms with Gasteiger partial charge in [-0.3, -0.25) is 4.79 Å². The summed E-state index contributed by atoms with van der Waals surface area (Å²) in [6.45, 7) is 1.94. The smallest absolute Gasteiger partial charge is 0.238 e. The molecule has 0 fully saturated rings. The van der Waals surface area contributed by atoms with Crippen molar-refractivity contribution in [3.8, 4) is 16.5 Å². The maximum absolute atomic E-state index is 11.5. The Morgan fingerprint density at radius 2 is 2.28 bits per heavy atom. The molecule has 4 nitrogen and oxygen atoms in total. The molecule has 0 aliphatic heterocycles. The van der Waals surface area contributed by atoms with Crippen LogP contribution in [0.2, 0.25) is 0 Å². The Kier molecular flexibility index (Phi) is 3.70. The Morgan fingerprint density at radius 1 is 1.50 bits per heavy atom. The number of aryl methyl sites for hydroxylation is 1. The van der Waals surface area contributed by atoms with Gasteiger partial charge >= 0.3 is 0 Å². The third-order valence-corrected chi connectivity index (χ3v) is 3.27. The zero-order valence-corrected chi connectivity index (χ0v) is 10.6. The molecule has 0 saturated carbocycles. The second-order valence-electron chi connectivity index (χ2n) is 3.67. The second kappa shape index (κ2) is 5.43. The lowest BCUT2D eigenvalue weighted by molar-refractivity contribution is -0.115. The lowest BCUT2D eigenvalue weighted by Gasteiger charge is -2.07. The first-order valence-corrected chi connectivity index (χ1v) is 6.21. The highest BCUT2D eigenvalue weighted by Crippen LogP contribution is 2.31. The van der Waals surface area contributed by atoms with Crippen molar-refractivity contribution < 1.29 is 4.79 Å². The fraction of sp³-hybridized carbons (Fsp3) is 0.154. The van der Waals surface area contributed by atoms with E-state index in [0.717, 1.165) is 15.4 Å². The Balaban J connectivity index is 2.32. The predicted molar refractivity (Wildman–Crippen MR) is 71.1 cm³/mol. The summed E-state index contributed by atoms with van der Waals surface area (Å²) in [5.74, 6) is -0.300. The molecule has 0 aliphatic rings. The maximum atomic E-state index is 11.5. The van der Waals surface area contributed by atoms with E-state index in [1.54, 1.807) is 17.5 Å². The molecule has 0 radical (unpaired) electrons. The van der Waals surface area contributed by atoms with Crippen LogP contribution in [-0.4, -0.2) is 10.9 Å². The van der Waals surface area contributed by atoms with Gasteiger partial charge in [0.15, 0.2) is 0 Å². The van der Waals surface area contributed by atoms with Crippen LogP contribution in [-0.2, 0) is 4.79 Å². The first-order valence-electron chi connectivity index (χ1n) is 5.39. The SMILES string of the molecule is Cc1ncc(-c2ccccc2NC(=O)CC#N)s1. The fourth-order valence-electron chi connectivity index (χ4n) is 1.56. The molecule has 2 aromatic rings. The Bertz CT molecular complexity index is 613. The topological polar surface area (TPSA) is 65.8 Å². The van der Waals surface area contributed by atoms with Gasteiger partial charge in [0.05, 0.1) is 16.0 Å². The monoisotopic (exact) mass is 257 g/mol. The van der Waals surface area contributed by atoms with Gasteiger partial charge in [-0.2, -0.15) is 5.26 Å². The van der Waals surface area contributed by atoms with Crippen molar-refractivity contribution in [2.75, 3.05) is 5.32 Å². The van der Waals surface area contributed by atoms with Gasteiger partial charge < -0.3 is 5.32 Å². The van der Waals surface area contributed by atoms with E-state index in [1.807, 2.05) is 37.3 Å². The standard InChI is InChI=1S/C13H11N3OS/c1-9-15-8-12(18-9)10-4-2-3-5-11(10)16-13(17)6-7-14/h2-5,8H,6H2,1H3,(H,16,17). The largest absolute Gasteiger partial charge is 0.325 e. The minimum absolute atomic E-state index is 0.143. The molecule has 0 unspecified atom stereocenters. The van der Waals surface area contributed by atoms with Gasteiger partial charge in [0.25, 0.3) is 0 Å². The summed E-state index contributed by atoms with van der Waals surface area (Å²) in [7, 11) is 0. The number of nitrogens with one attached hydrogen (secondary N) is 1. The zero-order chi connectivity index (χ0) is 13.0. The summed E-state index contributed by atoms with van der Waals surface area (Å²) in [4.78, 5) is 16.7. The molecular formula is C13H11N3OS. The molecule has 0 saturated heterocycles. The summed E-state index contributed by atoms with van der Waals surface area (Å²) < 4.78 is 0. The summed E-state index contributed by atoms with van der Waals surface area (Å²) in [5.41, 5.74) is 1.63. The van der Waals surface area contributed by atoms with Crippen molar-refractivity contribution in [3.63, 3.8) is 0 Å². The minimum atomic E-state index is -0.300. The van der Waals surface area contributed by atoms with Crippen LogP contribution < -0.4 is 5.32 Å². The normalized spacial score (nSPS) is 9.78. The van der Waals surface area contributed by atoms with Crippen LogP contribution in [0, 0.1) is 18.3 Å². The van der Waals surface area contributed by atoms with Gasteiger partial charge in [0.1, 0.15) is 6.42 Å². The van der Waals surface area contributed by atoms with Crippen molar-refractivity contribution in [1.82, 2.24) is 4.98 Å². The van der Waals surface area contributed by atoms with Crippen LogP contribution in [0.3, 0.4) is 0 Å². The average Bonchev–Trinajstić information content (AvgIpc) is 2.77. The van der Waals surface area contributed by atoms with E-state index in [2.05, 4.69) is 10.3 Å². The van der Waals surface area contributed by atoms with E-state index >= 15 is 0 Å². The van der Waals surface area contributed by atoms with Crippen molar-refractivity contribution in [2.24, 2.45) is 0 Å². The molecule has 5 heteroatoms. The molecular weight excluding hydrogens is 246 g/mol. The van der Waals surface area contributed by atoms with E-state index in [1.165, 1.54) is 0 Å². The number of benzene rings is 1. The number of thiazole rings is 1. The molecule has 2 rings (SSSR count). The third kappa shape index (κ3) is 2.73. The predicted octanol–water partition coefficient (Wildman–Crippen LogP) is 2.97. The molecule has 0 atom stereocenters. The number of amides is 1.